The Balaban J connectivity index is 2.42. The number of halogens is 2. The molecule has 0 saturated carbocycles. The Morgan fingerprint density at radius 1 is 1.44 bits per heavy atom. The van der Waals surface area contributed by atoms with Gasteiger partial charge < -0.3 is 0 Å². The number of rotatable bonds is 1. The van der Waals surface area contributed by atoms with Crippen LogP contribution in [0.2, 0.25) is 5.02 Å². The van der Waals surface area contributed by atoms with Gasteiger partial charge in [-0.2, -0.15) is 0 Å². The van der Waals surface area contributed by atoms with Gasteiger partial charge in [0.25, 0.3) is 0 Å². The third-order valence-corrected chi connectivity index (χ3v) is 3.43. The molecule has 3 nitrogen and oxygen atoms in total. The molecule has 0 unspecified atom stereocenters. The number of guanidine groups is 1. The van der Waals surface area contributed by atoms with E-state index in [4.69, 9.17) is 23.4 Å². The Morgan fingerprint density at radius 2 is 2.19 bits per heavy atom. The van der Waals surface area contributed by atoms with Gasteiger partial charge in [0, 0.05) is 17.8 Å². The number of hydrogen-bond donors (Lipinski definition) is 1. The van der Waals surface area contributed by atoms with Crippen molar-refractivity contribution in [1.29, 1.82) is 0 Å². The van der Waals surface area contributed by atoms with Gasteiger partial charge >= 0.3 is 0 Å². The monoisotopic (exact) mass is 275 g/mol. The highest BCUT2D eigenvalue weighted by molar-refractivity contribution is 7.98. The fraction of sp³-hybridized carbons (Fsp3) is 0.300. The molecule has 0 aromatic heterocycles. The van der Waals surface area contributed by atoms with Gasteiger partial charge in [0.1, 0.15) is 0 Å². The fourth-order valence-electron chi connectivity index (χ4n) is 1.34. The van der Waals surface area contributed by atoms with E-state index in [1.54, 1.807) is 0 Å². The van der Waals surface area contributed by atoms with Crippen molar-refractivity contribution in [3.8, 4) is 0 Å². The molecule has 6 heteroatoms. The van der Waals surface area contributed by atoms with Crippen molar-refractivity contribution in [2.24, 2.45) is 4.99 Å². The van der Waals surface area contributed by atoms with Crippen LogP contribution < -0.4 is 9.14 Å². The van der Waals surface area contributed by atoms with Crippen molar-refractivity contribution in [3.05, 3.63) is 23.2 Å². The van der Waals surface area contributed by atoms with E-state index in [0.717, 1.165) is 10.6 Å². The summed E-state index contributed by atoms with van der Waals surface area (Å²) in [6, 6.07) is 5.84. The lowest BCUT2D eigenvalue weighted by Gasteiger charge is -2.27. The average molecular weight is 276 g/mol. The Kier molecular flexibility index (Phi) is 3.52. The van der Waals surface area contributed by atoms with Crippen molar-refractivity contribution < 1.29 is 0 Å². The van der Waals surface area contributed by atoms with Crippen LogP contribution in [0.15, 0.2) is 28.1 Å². The molecule has 0 bridgehead atoms. The van der Waals surface area contributed by atoms with E-state index in [0.29, 0.717) is 11.0 Å². The van der Waals surface area contributed by atoms with Gasteiger partial charge in [-0.15, -0.1) is 0 Å². The number of benzene rings is 1. The van der Waals surface area contributed by atoms with Crippen LogP contribution in [-0.4, -0.2) is 12.0 Å². The maximum absolute atomic E-state index is 6.20. The maximum Gasteiger partial charge on any atom is 0.224 e. The number of aliphatic imine (C=N–C) groups is 1. The molecular weight excluding hydrogens is 265 g/mol. The minimum atomic E-state index is 0.174. The first-order chi connectivity index (χ1) is 7.59. The Labute approximate surface area is 109 Å². The second-order valence-corrected chi connectivity index (χ2v) is 5.21. The number of nitrogens with one attached hydrogen (secondary N) is 1. The zero-order valence-electron chi connectivity index (χ0n) is 8.87. The van der Waals surface area contributed by atoms with Crippen LogP contribution in [0.3, 0.4) is 0 Å². The lowest BCUT2D eigenvalue weighted by Crippen LogP contribution is -2.36. The van der Waals surface area contributed by atoms with E-state index >= 15 is 0 Å². The molecule has 1 aromatic rings. The van der Waals surface area contributed by atoms with Crippen LogP contribution in [0.1, 0.15) is 13.8 Å². The SMILES string of the molecule is CC(C)N=C1NSc2cccc(Cl)c2N1Cl. The van der Waals surface area contributed by atoms with Crippen LogP contribution in [-0.2, 0) is 0 Å². The highest BCUT2D eigenvalue weighted by Gasteiger charge is 2.24. The summed E-state index contributed by atoms with van der Waals surface area (Å²) in [6.45, 7) is 3.98. The maximum atomic E-state index is 6.20. The largest absolute Gasteiger partial charge is 0.295 e. The number of nitrogens with zero attached hydrogens (tertiary/aromatic N) is 2. The molecule has 0 fully saturated rings. The molecule has 1 aromatic carbocycles. The predicted molar refractivity (Wildman–Crippen MR) is 71.3 cm³/mol. The smallest absolute Gasteiger partial charge is 0.224 e. The summed E-state index contributed by atoms with van der Waals surface area (Å²) in [6.07, 6.45) is 0. The Bertz CT molecular complexity index is 434. The lowest BCUT2D eigenvalue weighted by molar-refractivity contribution is 0.828. The first-order valence-corrected chi connectivity index (χ1v) is 6.38. The Hall–Kier alpha value is -0.580. The summed E-state index contributed by atoms with van der Waals surface area (Å²) in [5.41, 5.74) is 0.786. The highest BCUT2D eigenvalue weighted by atomic mass is 35.5. The van der Waals surface area contributed by atoms with Crippen LogP contribution in [0.4, 0.5) is 5.69 Å². The molecule has 1 heterocycles. The number of para-hydroxylation sites is 1. The van der Waals surface area contributed by atoms with Crippen molar-refractivity contribution >= 4 is 47.0 Å². The van der Waals surface area contributed by atoms with E-state index < -0.39 is 0 Å². The quantitative estimate of drug-likeness (QED) is 0.626. The van der Waals surface area contributed by atoms with Gasteiger partial charge in [-0.3, -0.25) is 4.72 Å². The normalized spacial score (nSPS) is 17.6. The van der Waals surface area contributed by atoms with Gasteiger partial charge in [-0.05, 0) is 37.9 Å². The molecule has 0 spiro atoms. The summed E-state index contributed by atoms with van der Waals surface area (Å²) >= 11 is 13.8. The van der Waals surface area contributed by atoms with E-state index in [9.17, 15) is 0 Å². The van der Waals surface area contributed by atoms with E-state index in [2.05, 4.69) is 9.71 Å². The van der Waals surface area contributed by atoms with Crippen molar-refractivity contribution in [2.75, 3.05) is 4.42 Å². The third kappa shape index (κ3) is 2.24. The molecule has 86 valence electrons. The summed E-state index contributed by atoms with van der Waals surface area (Å²) in [5, 5.41) is 0.623. The predicted octanol–water partition coefficient (Wildman–Crippen LogP) is 3.67. The topological polar surface area (TPSA) is 27.6 Å². The number of fused-ring (bicyclic) bond motifs is 1. The van der Waals surface area contributed by atoms with Gasteiger partial charge in [-0.25, -0.2) is 9.41 Å². The highest BCUT2D eigenvalue weighted by Crippen LogP contribution is 2.39. The minimum absolute atomic E-state index is 0.174. The minimum Gasteiger partial charge on any atom is -0.295 e. The molecule has 0 saturated heterocycles. The fourth-order valence-corrected chi connectivity index (χ4v) is 2.85. The molecule has 0 atom stereocenters. The van der Waals surface area contributed by atoms with Crippen LogP contribution in [0, 0.1) is 0 Å². The molecule has 1 N–H and O–H groups in total. The molecule has 0 amide bonds. The van der Waals surface area contributed by atoms with E-state index in [1.165, 1.54) is 16.4 Å². The molecule has 1 aliphatic rings. The third-order valence-electron chi connectivity index (χ3n) is 1.96. The number of hydrogen-bond acceptors (Lipinski definition) is 2. The number of anilines is 1. The zero-order chi connectivity index (χ0) is 11.7. The van der Waals surface area contributed by atoms with E-state index in [-0.39, 0.29) is 6.04 Å². The van der Waals surface area contributed by atoms with Crippen molar-refractivity contribution in [2.45, 2.75) is 24.8 Å². The van der Waals surface area contributed by atoms with Gasteiger partial charge in [-0.1, -0.05) is 17.7 Å². The van der Waals surface area contributed by atoms with Crippen LogP contribution in [0.5, 0.6) is 0 Å². The first kappa shape index (κ1) is 11.9. The van der Waals surface area contributed by atoms with Crippen LogP contribution in [0.25, 0.3) is 0 Å². The second kappa shape index (κ2) is 4.73. The molecule has 16 heavy (non-hydrogen) atoms. The molecular formula is C10H11Cl2N3S. The summed E-state index contributed by atoms with van der Waals surface area (Å²) in [5.74, 6) is 0.613. The Morgan fingerprint density at radius 3 is 2.88 bits per heavy atom. The molecule has 1 aliphatic heterocycles. The summed E-state index contributed by atoms with van der Waals surface area (Å²) in [4.78, 5) is 5.37. The van der Waals surface area contributed by atoms with Crippen molar-refractivity contribution in [3.63, 3.8) is 0 Å². The standard InChI is InChI=1S/C10H11Cl2N3S/c1-6(2)13-10-14-16-8-5-3-4-7(11)9(8)15(10)12/h3-6H,1-2H3,(H,13,14). The zero-order valence-corrected chi connectivity index (χ0v) is 11.2. The molecule has 0 radical (unpaired) electrons. The summed E-state index contributed by atoms with van der Waals surface area (Å²) < 4.78 is 4.55. The summed E-state index contributed by atoms with van der Waals surface area (Å²) in [7, 11) is 0. The second-order valence-electron chi connectivity index (χ2n) is 3.62. The van der Waals surface area contributed by atoms with Gasteiger partial charge in [0.15, 0.2) is 0 Å². The average Bonchev–Trinajstić information content (AvgIpc) is 2.22. The molecule has 0 aliphatic carbocycles. The molecule has 2 rings (SSSR count). The lowest BCUT2D eigenvalue weighted by atomic mass is 10.3. The van der Waals surface area contributed by atoms with Crippen molar-refractivity contribution in [1.82, 2.24) is 4.72 Å². The van der Waals surface area contributed by atoms with E-state index in [1.807, 2.05) is 32.0 Å². The van der Waals surface area contributed by atoms with Crippen LogP contribution >= 0.6 is 35.3 Å². The van der Waals surface area contributed by atoms with Gasteiger partial charge in [0.05, 0.1) is 15.6 Å². The van der Waals surface area contributed by atoms with Gasteiger partial charge in [0.2, 0.25) is 5.96 Å². The first-order valence-electron chi connectivity index (χ1n) is 4.84.